The summed E-state index contributed by atoms with van der Waals surface area (Å²) in [5.41, 5.74) is 1.12. The smallest absolute Gasteiger partial charge is 0.311 e. The van der Waals surface area contributed by atoms with Crippen molar-refractivity contribution in [3.05, 3.63) is 71.8 Å². The van der Waals surface area contributed by atoms with E-state index in [-0.39, 0.29) is 18.9 Å². The fourth-order valence-corrected chi connectivity index (χ4v) is 4.46. The molecule has 0 aromatic heterocycles. The van der Waals surface area contributed by atoms with E-state index in [0.717, 1.165) is 16.7 Å². The number of aliphatic hydroxyl groups excluding tert-OH is 1. The van der Waals surface area contributed by atoms with Gasteiger partial charge in [0.05, 0.1) is 10.8 Å². The summed E-state index contributed by atoms with van der Waals surface area (Å²) in [7, 11) is 0. The van der Waals surface area contributed by atoms with Crippen molar-refractivity contribution in [1.29, 1.82) is 0 Å². The van der Waals surface area contributed by atoms with E-state index >= 15 is 0 Å². The van der Waals surface area contributed by atoms with Crippen LogP contribution in [-0.2, 0) is 51.1 Å². The molecule has 1 heterocycles. The maximum Gasteiger partial charge on any atom is 0.311 e. The summed E-state index contributed by atoms with van der Waals surface area (Å²) in [6, 6.07) is 14.7. The maximum atomic E-state index is 12.9. The van der Waals surface area contributed by atoms with E-state index in [2.05, 4.69) is 11.9 Å². The van der Waals surface area contributed by atoms with Gasteiger partial charge < -0.3 is 34.1 Å². The summed E-state index contributed by atoms with van der Waals surface area (Å²) >= 11 is 0. The highest BCUT2D eigenvalue weighted by Crippen LogP contribution is 2.31. The lowest BCUT2D eigenvalue weighted by atomic mass is 9.95. The lowest BCUT2D eigenvalue weighted by Crippen LogP contribution is -2.63. The molecule has 0 unspecified atom stereocenters. The van der Waals surface area contributed by atoms with Crippen molar-refractivity contribution in [3.63, 3.8) is 0 Å². The molecule has 1 amide bonds. The number of benzene rings is 2. The van der Waals surface area contributed by atoms with Crippen LogP contribution in [0.3, 0.4) is 0 Å². The van der Waals surface area contributed by atoms with Crippen LogP contribution in [0.15, 0.2) is 55.1 Å². The van der Waals surface area contributed by atoms with Gasteiger partial charge in [-0.25, -0.2) is 0 Å². The van der Waals surface area contributed by atoms with Crippen molar-refractivity contribution in [2.75, 3.05) is 6.61 Å². The Kier molecular flexibility index (Phi) is 12.7. The molecule has 1 aliphatic rings. The predicted molar refractivity (Wildman–Crippen MR) is 174 cm³/mol. The van der Waals surface area contributed by atoms with Crippen LogP contribution < -0.4 is 10.1 Å². The molecular formula is C36H47NO10. The highest BCUT2D eigenvalue weighted by atomic mass is 16.7. The number of aryl methyl sites for hydroxylation is 1. The fourth-order valence-electron chi connectivity index (χ4n) is 4.46. The highest BCUT2D eigenvalue weighted by Gasteiger charge is 2.52. The average molecular weight is 654 g/mol. The van der Waals surface area contributed by atoms with Gasteiger partial charge in [-0.05, 0) is 76.8 Å². The van der Waals surface area contributed by atoms with Crippen molar-refractivity contribution in [2.24, 2.45) is 10.8 Å². The van der Waals surface area contributed by atoms with Crippen LogP contribution in [0.4, 0.5) is 0 Å². The van der Waals surface area contributed by atoms with Crippen molar-refractivity contribution >= 4 is 29.9 Å². The summed E-state index contributed by atoms with van der Waals surface area (Å²) in [6.45, 7) is 15.0. The normalized spacial score (nSPS) is 21.2. The molecule has 2 aromatic rings. The van der Waals surface area contributed by atoms with Crippen molar-refractivity contribution in [3.8, 4) is 5.75 Å². The zero-order valence-electron chi connectivity index (χ0n) is 28.2. The van der Waals surface area contributed by atoms with Crippen LogP contribution >= 0.6 is 0 Å². The molecule has 2 N–H and O–H groups in total. The largest absolute Gasteiger partial charge is 0.462 e. The van der Waals surface area contributed by atoms with Crippen LogP contribution in [0.2, 0.25) is 0 Å². The second kappa shape index (κ2) is 16.1. The lowest BCUT2D eigenvalue weighted by Gasteiger charge is -2.43. The number of carbonyl (C=O) groups excluding carboxylic acids is 4. The van der Waals surface area contributed by atoms with E-state index < -0.39 is 59.4 Å². The van der Waals surface area contributed by atoms with Gasteiger partial charge in [0.1, 0.15) is 18.5 Å². The molecule has 11 nitrogen and oxygen atoms in total. The molecule has 256 valence electrons. The van der Waals surface area contributed by atoms with E-state index in [1.54, 1.807) is 71.9 Å². The van der Waals surface area contributed by atoms with Gasteiger partial charge in [0.2, 0.25) is 12.2 Å². The number of esters is 3. The van der Waals surface area contributed by atoms with Crippen molar-refractivity contribution < 1.29 is 48.0 Å². The van der Waals surface area contributed by atoms with Gasteiger partial charge in [-0.3, -0.25) is 19.2 Å². The number of rotatable bonds is 12. The maximum absolute atomic E-state index is 12.9. The van der Waals surface area contributed by atoms with E-state index in [9.17, 15) is 24.3 Å². The third-order valence-corrected chi connectivity index (χ3v) is 7.28. The molecule has 3 rings (SSSR count). The Hall–Kier alpha value is -4.22. The molecule has 0 saturated carbocycles. The monoisotopic (exact) mass is 653 g/mol. The zero-order valence-corrected chi connectivity index (χ0v) is 28.2. The molecule has 0 spiro atoms. The van der Waals surface area contributed by atoms with Gasteiger partial charge in [-0.15, -0.1) is 0 Å². The average Bonchev–Trinajstić information content (AvgIpc) is 3.00. The Labute approximate surface area is 276 Å². The van der Waals surface area contributed by atoms with Gasteiger partial charge in [-0.1, -0.05) is 49.1 Å². The first-order valence-corrected chi connectivity index (χ1v) is 15.6. The minimum Gasteiger partial charge on any atom is -0.462 e. The first-order valence-electron chi connectivity index (χ1n) is 15.6. The van der Waals surface area contributed by atoms with Gasteiger partial charge in [-0.2, -0.15) is 0 Å². The quantitative estimate of drug-likeness (QED) is 0.248. The Morgan fingerprint density at radius 2 is 1.47 bits per heavy atom. The first-order chi connectivity index (χ1) is 22.0. The Bertz CT molecular complexity index is 1390. The Morgan fingerprint density at radius 1 is 0.872 bits per heavy atom. The summed E-state index contributed by atoms with van der Waals surface area (Å²) in [5, 5.41) is 14.2. The van der Waals surface area contributed by atoms with E-state index in [1.165, 1.54) is 6.92 Å². The molecule has 5 atom stereocenters. The van der Waals surface area contributed by atoms with Crippen LogP contribution in [-0.4, -0.2) is 66.2 Å². The summed E-state index contributed by atoms with van der Waals surface area (Å²) in [4.78, 5) is 49.9. The van der Waals surface area contributed by atoms with Gasteiger partial charge in [0, 0.05) is 19.9 Å². The van der Waals surface area contributed by atoms with E-state index in [4.69, 9.17) is 23.7 Å². The number of hydrogen-bond donors (Lipinski definition) is 2. The Morgan fingerprint density at radius 3 is 2.02 bits per heavy atom. The molecule has 1 saturated heterocycles. The predicted octanol–water partition coefficient (Wildman–Crippen LogP) is 4.52. The highest BCUT2D eigenvalue weighted by molar-refractivity contribution is 5.76. The van der Waals surface area contributed by atoms with Gasteiger partial charge >= 0.3 is 17.9 Å². The first kappa shape index (κ1) is 37.2. The molecule has 1 fully saturated rings. The number of ether oxygens (including phenoxy) is 5. The SMILES string of the molecule is C=Cc1ccc(CNC(=O)CCc2ccc(O[C@@H]3O[C@H](COC(=O)C(C)(C)C)[C@@H](OC(C)=O)[C@H](OC(=O)C(C)(C)C)[C@@H]3O)cc2)cc1. The molecule has 47 heavy (non-hydrogen) atoms. The molecule has 11 heteroatoms. The summed E-state index contributed by atoms with van der Waals surface area (Å²) in [6.07, 6.45) is -4.24. The number of aliphatic hydroxyl groups is 1. The molecule has 0 aliphatic carbocycles. The number of hydrogen-bond acceptors (Lipinski definition) is 10. The van der Waals surface area contributed by atoms with E-state index in [1.807, 2.05) is 24.3 Å². The number of nitrogens with one attached hydrogen (secondary N) is 1. The zero-order chi connectivity index (χ0) is 34.9. The molecular weight excluding hydrogens is 606 g/mol. The van der Waals surface area contributed by atoms with Crippen LogP contribution in [0.5, 0.6) is 5.75 Å². The van der Waals surface area contributed by atoms with Crippen LogP contribution in [0.1, 0.15) is 71.6 Å². The molecule has 0 bridgehead atoms. The molecule has 0 radical (unpaired) electrons. The third kappa shape index (κ3) is 11.2. The number of amides is 1. The minimum atomic E-state index is -1.57. The Balaban J connectivity index is 1.70. The van der Waals surface area contributed by atoms with Gasteiger partial charge in [0.15, 0.2) is 18.3 Å². The lowest BCUT2D eigenvalue weighted by molar-refractivity contribution is -0.287. The minimum absolute atomic E-state index is 0.0896. The summed E-state index contributed by atoms with van der Waals surface area (Å²) < 4.78 is 28.5. The van der Waals surface area contributed by atoms with Crippen molar-refractivity contribution in [1.82, 2.24) is 5.32 Å². The third-order valence-electron chi connectivity index (χ3n) is 7.28. The fraction of sp³-hybridized carbons (Fsp3) is 0.500. The second-order valence-electron chi connectivity index (χ2n) is 13.6. The van der Waals surface area contributed by atoms with Crippen LogP contribution in [0.25, 0.3) is 6.08 Å². The van der Waals surface area contributed by atoms with Crippen molar-refractivity contribution in [2.45, 2.75) is 98.6 Å². The van der Waals surface area contributed by atoms with E-state index in [0.29, 0.717) is 18.7 Å². The summed E-state index contributed by atoms with van der Waals surface area (Å²) in [5.74, 6) is -1.65. The van der Waals surface area contributed by atoms with Crippen LogP contribution in [0, 0.1) is 10.8 Å². The molecule has 2 aromatic carbocycles. The topological polar surface area (TPSA) is 147 Å². The van der Waals surface area contributed by atoms with Gasteiger partial charge in [0.25, 0.3) is 0 Å². The standard InChI is InChI=1S/C36H47NO10/c1-9-23-10-12-25(13-11-23)20-37-28(39)19-16-24-14-17-26(18-15-24)45-32-29(40)31(47-34(42)36(6,7)8)30(44-22(2)38)27(46-32)21-43-33(41)35(3,4)5/h9-15,17-18,27,29-32,40H,1,16,19-21H2,2-8H3,(H,37,39)/t27-,29+,30-,31-,32-/m1/s1. The number of carbonyl (C=O) groups is 4. The molecule has 1 aliphatic heterocycles. The second-order valence-corrected chi connectivity index (χ2v) is 13.6.